The standard InChI is InChI=1S/C14H14N3/c1-10-4-2-5-11(8-10)12-6-3-7-13(9-12)17-14(15)16/h2-5,7-9H,1H3,(H4,15,16,17). The zero-order chi connectivity index (χ0) is 12.3. The maximum atomic E-state index is 7.20. The minimum atomic E-state index is -0.0635. The molecule has 0 spiro atoms. The van der Waals surface area contributed by atoms with Crippen molar-refractivity contribution in [1.29, 1.82) is 5.41 Å². The minimum absolute atomic E-state index is 0.0635. The number of hydrogen-bond acceptors (Lipinski definition) is 1. The number of guanidine groups is 1. The van der Waals surface area contributed by atoms with Gasteiger partial charge in [-0.2, -0.15) is 0 Å². The van der Waals surface area contributed by atoms with Crippen LogP contribution >= 0.6 is 0 Å². The van der Waals surface area contributed by atoms with E-state index in [1.165, 1.54) is 5.56 Å². The van der Waals surface area contributed by atoms with E-state index in [0.29, 0.717) is 0 Å². The SMILES string of the molecule is Cc1cccc(-c2[c]ccc(NC(=N)N)c2)c1. The van der Waals surface area contributed by atoms with E-state index in [1.54, 1.807) is 0 Å². The summed E-state index contributed by atoms with van der Waals surface area (Å²) in [5.41, 5.74) is 9.40. The minimum Gasteiger partial charge on any atom is -0.370 e. The summed E-state index contributed by atoms with van der Waals surface area (Å²) < 4.78 is 0. The van der Waals surface area contributed by atoms with Crippen molar-refractivity contribution in [2.45, 2.75) is 6.92 Å². The van der Waals surface area contributed by atoms with Crippen LogP contribution in [0.1, 0.15) is 5.56 Å². The fourth-order valence-electron chi connectivity index (χ4n) is 1.68. The van der Waals surface area contributed by atoms with E-state index in [4.69, 9.17) is 11.1 Å². The van der Waals surface area contributed by atoms with Crippen LogP contribution in [0.3, 0.4) is 0 Å². The number of benzene rings is 2. The van der Waals surface area contributed by atoms with Crippen molar-refractivity contribution in [2.24, 2.45) is 5.73 Å². The molecule has 0 amide bonds. The summed E-state index contributed by atoms with van der Waals surface area (Å²) in [6.07, 6.45) is 0. The quantitative estimate of drug-likeness (QED) is 0.542. The van der Waals surface area contributed by atoms with Gasteiger partial charge in [-0.25, -0.2) is 0 Å². The van der Waals surface area contributed by atoms with Crippen molar-refractivity contribution in [1.82, 2.24) is 0 Å². The number of aryl methyl sites for hydroxylation is 1. The molecular formula is C14H14N3. The highest BCUT2D eigenvalue weighted by Crippen LogP contribution is 2.22. The van der Waals surface area contributed by atoms with Crippen LogP contribution in [0.5, 0.6) is 0 Å². The molecule has 0 heterocycles. The molecule has 0 aliphatic heterocycles. The van der Waals surface area contributed by atoms with Crippen LogP contribution in [0.15, 0.2) is 42.5 Å². The third kappa shape index (κ3) is 2.84. The van der Waals surface area contributed by atoms with Crippen molar-refractivity contribution in [2.75, 3.05) is 5.32 Å². The summed E-state index contributed by atoms with van der Waals surface area (Å²) in [6, 6.07) is 17.0. The van der Waals surface area contributed by atoms with Gasteiger partial charge in [-0.1, -0.05) is 35.9 Å². The molecule has 2 rings (SSSR count). The van der Waals surface area contributed by atoms with Crippen LogP contribution in [0.25, 0.3) is 11.1 Å². The smallest absolute Gasteiger partial charge is 0.190 e. The average Bonchev–Trinajstić information content (AvgIpc) is 2.28. The van der Waals surface area contributed by atoms with Crippen LogP contribution in [0, 0.1) is 18.4 Å². The van der Waals surface area contributed by atoms with Crippen LogP contribution in [0.4, 0.5) is 5.69 Å². The Morgan fingerprint density at radius 3 is 2.82 bits per heavy atom. The Hall–Kier alpha value is -2.29. The van der Waals surface area contributed by atoms with E-state index in [2.05, 4.69) is 30.4 Å². The maximum absolute atomic E-state index is 7.20. The maximum Gasteiger partial charge on any atom is 0.190 e. The van der Waals surface area contributed by atoms with Crippen LogP contribution < -0.4 is 11.1 Å². The average molecular weight is 224 g/mol. The molecule has 2 aromatic rings. The highest BCUT2D eigenvalue weighted by molar-refractivity contribution is 5.90. The third-order valence-electron chi connectivity index (χ3n) is 2.41. The monoisotopic (exact) mass is 224 g/mol. The first-order valence-electron chi connectivity index (χ1n) is 5.35. The molecule has 0 aromatic heterocycles. The third-order valence-corrected chi connectivity index (χ3v) is 2.41. The van der Waals surface area contributed by atoms with Gasteiger partial charge in [0, 0.05) is 5.69 Å². The lowest BCUT2D eigenvalue weighted by Crippen LogP contribution is -2.20. The molecule has 1 radical (unpaired) electrons. The number of nitrogens with one attached hydrogen (secondary N) is 2. The Morgan fingerprint density at radius 2 is 2.12 bits per heavy atom. The molecule has 0 aliphatic carbocycles. The Balaban J connectivity index is 2.36. The number of rotatable bonds is 2. The van der Waals surface area contributed by atoms with E-state index in [-0.39, 0.29) is 5.96 Å². The molecule has 3 heteroatoms. The van der Waals surface area contributed by atoms with Crippen LogP contribution in [-0.4, -0.2) is 5.96 Å². The van der Waals surface area contributed by atoms with Gasteiger partial charge < -0.3 is 11.1 Å². The van der Waals surface area contributed by atoms with Gasteiger partial charge in [-0.05, 0) is 36.2 Å². The Bertz CT molecular complexity index is 547. The van der Waals surface area contributed by atoms with Gasteiger partial charge in [0.2, 0.25) is 0 Å². The molecule has 17 heavy (non-hydrogen) atoms. The summed E-state index contributed by atoms with van der Waals surface area (Å²) in [6.45, 7) is 2.06. The lowest BCUT2D eigenvalue weighted by molar-refractivity contribution is 1.41. The second-order valence-corrected chi connectivity index (χ2v) is 3.90. The van der Waals surface area contributed by atoms with Crippen LogP contribution in [-0.2, 0) is 0 Å². The van der Waals surface area contributed by atoms with Gasteiger partial charge in [0.25, 0.3) is 0 Å². The fourth-order valence-corrected chi connectivity index (χ4v) is 1.68. The second-order valence-electron chi connectivity index (χ2n) is 3.90. The van der Waals surface area contributed by atoms with Crippen molar-refractivity contribution < 1.29 is 0 Å². The zero-order valence-electron chi connectivity index (χ0n) is 9.62. The molecule has 0 saturated heterocycles. The summed E-state index contributed by atoms with van der Waals surface area (Å²) in [5.74, 6) is -0.0635. The van der Waals surface area contributed by atoms with E-state index >= 15 is 0 Å². The van der Waals surface area contributed by atoms with Crippen molar-refractivity contribution >= 4 is 11.6 Å². The molecule has 0 bridgehead atoms. The Kier molecular flexibility index (Phi) is 3.10. The van der Waals surface area contributed by atoms with E-state index < -0.39 is 0 Å². The molecule has 2 aromatic carbocycles. The molecule has 85 valence electrons. The van der Waals surface area contributed by atoms with Gasteiger partial charge in [0.15, 0.2) is 5.96 Å². The Labute approximate surface area is 101 Å². The van der Waals surface area contributed by atoms with Crippen molar-refractivity contribution in [3.8, 4) is 11.1 Å². The predicted molar refractivity (Wildman–Crippen MR) is 71.0 cm³/mol. The predicted octanol–water partition coefficient (Wildman–Crippen LogP) is 2.77. The molecule has 3 nitrogen and oxygen atoms in total. The van der Waals surface area contributed by atoms with Gasteiger partial charge in [0.1, 0.15) is 0 Å². The normalized spacial score (nSPS) is 9.94. The molecule has 0 unspecified atom stereocenters. The lowest BCUT2D eigenvalue weighted by atomic mass is 10.0. The molecular weight excluding hydrogens is 210 g/mol. The van der Waals surface area contributed by atoms with E-state index in [0.717, 1.165) is 16.8 Å². The first-order chi connectivity index (χ1) is 8.15. The van der Waals surface area contributed by atoms with Gasteiger partial charge in [-0.15, -0.1) is 0 Å². The molecule has 0 saturated carbocycles. The highest BCUT2D eigenvalue weighted by Gasteiger charge is 2.00. The molecule has 4 N–H and O–H groups in total. The van der Waals surface area contributed by atoms with Gasteiger partial charge >= 0.3 is 0 Å². The van der Waals surface area contributed by atoms with Crippen molar-refractivity contribution in [3.05, 3.63) is 54.1 Å². The second kappa shape index (κ2) is 4.70. The summed E-state index contributed by atoms with van der Waals surface area (Å²) in [5, 5.41) is 9.97. The van der Waals surface area contributed by atoms with Gasteiger partial charge in [0.05, 0.1) is 0 Å². The zero-order valence-corrected chi connectivity index (χ0v) is 9.62. The summed E-state index contributed by atoms with van der Waals surface area (Å²) in [4.78, 5) is 0. The first-order valence-corrected chi connectivity index (χ1v) is 5.35. The van der Waals surface area contributed by atoms with Crippen LogP contribution in [0.2, 0.25) is 0 Å². The summed E-state index contributed by atoms with van der Waals surface area (Å²) in [7, 11) is 0. The molecule has 0 aliphatic rings. The van der Waals surface area contributed by atoms with Crippen molar-refractivity contribution in [3.63, 3.8) is 0 Å². The Morgan fingerprint density at radius 1 is 1.29 bits per heavy atom. The summed E-state index contributed by atoms with van der Waals surface area (Å²) >= 11 is 0. The van der Waals surface area contributed by atoms with Gasteiger partial charge in [-0.3, -0.25) is 5.41 Å². The number of nitrogens with two attached hydrogens (primary N) is 1. The topological polar surface area (TPSA) is 61.9 Å². The van der Waals surface area contributed by atoms with E-state index in [9.17, 15) is 0 Å². The molecule has 0 atom stereocenters. The molecule has 0 fully saturated rings. The largest absolute Gasteiger partial charge is 0.370 e. The number of anilines is 1. The van der Waals surface area contributed by atoms with E-state index in [1.807, 2.05) is 30.3 Å². The lowest BCUT2D eigenvalue weighted by Gasteiger charge is -2.07. The fraction of sp³-hybridized carbons (Fsp3) is 0.0714. The first kappa shape index (κ1) is 11.2. The number of hydrogen-bond donors (Lipinski definition) is 3. The highest BCUT2D eigenvalue weighted by atomic mass is 15.0.